The van der Waals surface area contributed by atoms with Crippen LogP contribution in [0.1, 0.15) is 30.7 Å². The minimum Gasteiger partial charge on any atom is -0.347 e. The fraction of sp³-hybridized carbons (Fsp3) is 0.667. The molecule has 0 saturated carbocycles. The molecule has 5 nitrogen and oxygen atoms in total. The molecular weight excluding hydrogens is 320 g/mol. The van der Waals surface area contributed by atoms with Crippen LogP contribution in [0.4, 0.5) is 0 Å². The van der Waals surface area contributed by atoms with Gasteiger partial charge in [-0.3, -0.25) is 9.79 Å². The normalized spacial score (nSPS) is 24.7. The summed E-state index contributed by atoms with van der Waals surface area (Å²) in [6.45, 7) is 8.49. The Hall–Kier alpha value is -1.56. The highest BCUT2D eigenvalue weighted by Crippen LogP contribution is 2.24. The predicted octanol–water partition coefficient (Wildman–Crippen LogP) is 2.19. The van der Waals surface area contributed by atoms with Gasteiger partial charge >= 0.3 is 0 Å². The van der Waals surface area contributed by atoms with Crippen molar-refractivity contribution < 1.29 is 4.79 Å². The number of aliphatic imine (C=N–C) groups is 1. The lowest BCUT2D eigenvalue weighted by Gasteiger charge is -2.37. The van der Waals surface area contributed by atoms with E-state index in [4.69, 9.17) is 0 Å². The third-order valence-electron chi connectivity index (χ3n) is 4.94. The molecule has 1 aromatic heterocycles. The van der Waals surface area contributed by atoms with E-state index in [0.29, 0.717) is 18.4 Å². The molecule has 1 N–H and O–H groups in total. The molecule has 132 valence electrons. The Bertz CT molecular complexity index is 602. The number of rotatable bonds is 2. The first kappa shape index (κ1) is 17.3. The Kier molecular flexibility index (Phi) is 5.43. The van der Waals surface area contributed by atoms with Crippen molar-refractivity contribution in [2.75, 3.05) is 33.2 Å². The van der Waals surface area contributed by atoms with Crippen LogP contribution in [0, 0.1) is 11.8 Å². The highest BCUT2D eigenvalue weighted by atomic mass is 32.1. The van der Waals surface area contributed by atoms with E-state index in [1.54, 1.807) is 18.4 Å². The summed E-state index contributed by atoms with van der Waals surface area (Å²) in [7, 11) is 1.80. The Balaban J connectivity index is 1.53. The summed E-state index contributed by atoms with van der Waals surface area (Å²) in [6, 6.07) is 2.14. The average molecular weight is 349 g/mol. The molecule has 6 heteroatoms. The van der Waals surface area contributed by atoms with Gasteiger partial charge in [-0.05, 0) is 41.7 Å². The second kappa shape index (κ2) is 7.55. The molecule has 1 saturated heterocycles. The topological polar surface area (TPSA) is 47.9 Å². The molecule has 3 heterocycles. The van der Waals surface area contributed by atoms with E-state index in [1.807, 2.05) is 4.90 Å². The lowest BCUT2D eigenvalue weighted by molar-refractivity contribution is -0.130. The molecule has 0 spiro atoms. The third kappa shape index (κ3) is 3.91. The van der Waals surface area contributed by atoms with Crippen LogP contribution in [-0.2, 0) is 17.8 Å². The molecule has 0 aliphatic carbocycles. The number of carbonyl (C=O) groups excluding carboxylic acids is 1. The number of piperidine rings is 1. The molecular formula is C18H28N4OS. The number of thiophene rings is 1. The van der Waals surface area contributed by atoms with Gasteiger partial charge in [0.1, 0.15) is 0 Å². The van der Waals surface area contributed by atoms with Crippen LogP contribution in [-0.4, -0.2) is 54.9 Å². The number of hydrogen-bond acceptors (Lipinski definition) is 3. The van der Waals surface area contributed by atoms with Crippen molar-refractivity contribution in [1.82, 2.24) is 15.1 Å². The van der Waals surface area contributed by atoms with Gasteiger partial charge in [-0.25, -0.2) is 0 Å². The summed E-state index contributed by atoms with van der Waals surface area (Å²) in [5.74, 6) is 2.35. The van der Waals surface area contributed by atoms with Crippen molar-refractivity contribution in [3.05, 3.63) is 21.9 Å². The third-order valence-corrected chi connectivity index (χ3v) is 5.96. The Morgan fingerprint density at radius 1 is 1.33 bits per heavy atom. The van der Waals surface area contributed by atoms with Crippen LogP contribution in [0.2, 0.25) is 0 Å². The van der Waals surface area contributed by atoms with E-state index in [2.05, 4.69) is 40.5 Å². The van der Waals surface area contributed by atoms with E-state index in [9.17, 15) is 4.79 Å². The number of fused-ring (bicyclic) bond motifs is 1. The lowest BCUT2D eigenvalue weighted by atomic mass is 9.92. The average Bonchev–Trinajstić information content (AvgIpc) is 3.02. The van der Waals surface area contributed by atoms with Crippen LogP contribution < -0.4 is 5.32 Å². The Morgan fingerprint density at radius 2 is 2.08 bits per heavy atom. The highest BCUT2D eigenvalue weighted by molar-refractivity contribution is 7.10. The van der Waals surface area contributed by atoms with Crippen molar-refractivity contribution in [3.63, 3.8) is 0 Å². The van der Waals surface area contributed by atoms with Gasteiger partial charge in [0.2, 0.25) is 5.91 Å². The zero-order valence-electron chi connectivity index (χ0n) is 14.9. The van der Waals surface area contributed by atoms with E-state index in [0.717, 1.165) is 38.6 Å². The standard InChI is InChI=1S/C18H28N4OS/c1-13-8-14(2)11-22(10-13)18(19-3)20-9-17(23)21-6-4-16-15(12-21)5-7-24-16/h5,7,13-14H,4,6,8-12H2,1-3H3,(H,19,20). The maximum atomic E-state index is 12.6. The summed E-state index contributed by atoms with van der Waals surface area (Å²) < 4.78 is 0. The lowest BCUT2D eigenvalue weighted by Crippen LogP contribution is -2.51. The van der Waals surface area contributed by atoms with E-state index in [1.165, 1.54) is 16.9 Å². The zero-order chi connectivity index (χ0) is 17.1. The maximum Gasteiger partial charge on any atom is 0.242 e. The smallest absolute Gasteiger partial charge is 0.242 e. The number of likely N-dealkylation sites (tertiary alicyclic amines) is 1. The molecule has 0 radical (unpaired) electrons. The van der Waals surface area contributed by atoms with Gasteiger partial charge in [0.15, 0.2) is 5.96 Å². The number of nitrogens with zero attached hydrogens (tertiary/aromatic N) is 3. The second-order valence-electron chi connectivity index (χ2n) is 7.19. The van der Waals surface area contributed by atoms with Crippen molar-refractivity contribution in [1.29, 1.82) is 0 Å². The molecule has 2 unspecified atom stereocenters. The molecule has 2 aliphatic rings. The molecule has 0 aromatic carbocycles. The van der Waals surface area contributed by atoms with E-state index >= 15 is 0 Å². The summed E-state index contributed by atoms with van der Waals surface area (Å²) in [6.07, 6.45) is 2.25. The van der Waals surface area contributed by atoms with Crippen LogP contribution >= 0.6 is 11.3 Å². The fourth-order valence-electron chi connectivity index (χ4n) is 3.90. The number of nitrogens with one attached hydrogen (secondary N) is 1. The van der Waals surface area contributed by atoms with Crippen LogP contribution in [0.3, 0.4) is 0 Å². The van der Waals surface area contributed by atoms with Crippen LogP contribution in [0.15, 0.2) is 16.4 Å². The van der Waals surface area contributed by atoms with Gasteiger partial charge < -0.3 is 15.1 Å². The molecule has 2 aliphatic heterocycles. The summed E-state index contributed by atoms with van der Waals surface area (Å²) >= 11 is 1.80. The maximum absolute atomic E-state index is 12.6. The van der Waals surface area contributed by atoms with Crippen molar-refractivity contribution in [2.45, 2.75) is 33.2 Å². The summed E-state index contributed by atoms with van der Waals surface area (Å²) in [4.78, 5) is 22.6. The molecule has 1 amide bonds. The molecule has 3 rings (SSSR count). The molecule has 2 atom stereocenters. The molecule has 0 bridgehead atoms. The number of amides is 1. The number of carbonyl (C=O) groups is 1. The SMILES string of the molecule is CN=C(NCC(=O)N1CCc2sccc2C1)N1CC(C)CC(C)C1. The van der Waals surface area contributed by atoms with E-state index < -0.39 is 0 Å². The minimum absolute atomic E-state index is 0.158. The number of guanidine groups is 1. The first-order valence-electron chi connectivity index (χ1n) is 8.85. The molecule has 1 fully saturated rings. The van der Waals surface area contributed by atoms with Gasteiger partial charge in [0, 0.05) is 38.1 Å². The van der Waals surface area contributed by atoms with Crippen LogP contribution in [0.5, 0.6) is 0 Å². The van der Waals surface area contributed by atoms with Crippen molar-refractivity contribution in [2.24, 2.45) is 16.8 Å². The summed E-state index contributed by atoms with van der Waals surface area (Å²) in [5.41, 5.74) is 1.31. The van der Waals surface area contributed by atoms with Gasteiger partial charge in [-0.15, -0.1) is 11.3 Å². The molecule has 1 aromatic rings. The molecule has 24 heavy (non-hydrogen) atoms. The van der Waals surface area contributed by atoms with Crippen molar-refractivity contribution >= 4 is 23.2 Å². The van der Waals surface area contributed by atoms with Gasteiger partial charge in [0.25, 0.3) is 0 Å². The second-order valence-corrected chi connectivity index (χ2v) is 8.19. The monoisotopic (exact) mass is 348 g/mol. The van der Waals surface area contributed by atoms with E-state index in [-0.39, 0.29) is 5.91 Å². The van der Waals surface area contributed by atoms with Gasteiger partial charge in [-0.1, -0.05) is 13.8 Å². The largest absolute Gasteiger partial charge is 0.347 e. The van der Waals surface area contributed by atoms with Gasteiger partial charge in [-0.2, -0.15) is 0 Å². The Morgan fingerprint density at radius 3 is 2.79 bits per heavy atom. The minimum atomic E-state index is 0.158. The van der Waals surface area contributed by atoms with Gasteiger partial charge in [0.05, 0.1) is 6.54 Å². The summed E-state index contributed by atoms with van der Waals surface area (Å²) in [5, 5.41) is 5.40. The van der Waals surface area contributed by atoms with Crippen LogP contribution in [0.25, 0.3) is 0 Å². The van der Waals surface area contributed by atoms with Crippen molar-refractivity contribution in [3.8, 4) is 0 Å². The fourth-order valence-corrected chi connectivity index (χ4v) is 4.79. The quantitative estimate of drug-likeness (QED) is 0.658. The number of hydrogen-bond donors (Lipinski definition) is 1. The first-order chi connectivity index (χ1) is 11.6. The Labute approximate surface area is 148 Å². The predicted molar refractivity (Wildman–Crippen MR) is 99.3 cm³/mol. The first-order valence-corrected chi connectivity index (χ1v) is 9.73. The zero-order valence-corrected chi connectivity index (χ0v) is 15.7. The highest BCUT2D eigenvalue weighted by Gasteiger charge is 2.25.